The van der Waals surface area contributed by atoms with E-state index in [0.29, 0.717) is 29.6 Å². The van der Waals surface area contributed by atoms with Gasteiger partial charge in [-0.3, -0.25) is 9.36 Å². The predicted molar refractivity (Wildman–Crippen MR) is 259 cm³/mol. The summed E-state index contributed by atoms with van der Waals surface area (Å²) in [6.45, 7) is 21.9. The largest absolute Gasteiger partial charge is 0.350 e. The Morgan fingerprint density at radius 3 is 1.64 bits per heavy atom. The van der Waals surface area contributed by atoms with Crippen molar-refractivity contribution < 1.29 is 0 Å². The maximum atomic E-state index is 4.51. The molecule has 0 atom stereocenters. The van der Waals surface area contributed by atoms with Crippen molar-refractivity contribution in [2.24, 2.45) is 35.2 Å². The van der Waals surface area contributed by atoms with E-state index in [1.165, 1.54) is 55.4 Å². The number of aromatic nitrogens is 9. The molecule has 0 radical (unpaired) electrons. The van der Waals surface area contributed by atoms with Gasteiger partial charge in [-0.2, -0.15) is 10.2 Å². The Bertz CT molecular complexity index is 2670. The summed E-state index contributed by atoms with van der Waals surface area (Å²) in [6, 6.07) is 31.8. The van der Waals surface area contributed by atoms with Gasteiger partial charge in [0.1, 0.15) is 6.33 Å². The molecule has 0 saturated carbocycles. The number of hydrogen-bond acceptors (Lipinski definition) is 4. The van der Waals surface area contributed by atoms with Crippen molar-refractivity contribution in [1.29, 1.82) is 0 Å². The van der Waals surface area contributed by atoms with Crippen LogP contribution in [0.15, 0.2) is 116 Å². The minimum Gasteiger partial charge on any atom is -0.350 e. The van der Waals surface area contributed by atoms with Crippen LogP contribution in [-0.2, 0) is 35.2 Å². The third kappa shape index (κ3) is 10.9. The predicted octanol–water partition coefficient (Wildman–Crippen LogP) is 12.9. The highest BCUT2D eigenvalue weighted by molar-refractivity contribution is 5.85. The lowest BCUT2D eigenvalue weighted by Crippen LogP contribution is -1.98. The second-order valence-electron chi connectivity index (χ2n) is 17.5. The van der Waals surface area contributed by atoms with E-state index in [-0.39, 0.29) is 0 Å². The van der Waals surface area contributed by atoms with Crippen LogP contribution in [0, 0.1) is 0 Å². The molecule has 0 unspecified atom stereocenters. The Morgan fingerprint density at radius 1 is 0.492 bits per heavy atom. The van der Waals surface area contributed by atoms with Crippen LogP contribution < -0.4 is 0 Å². The number of rotatable bonds is 5. The summed E-state index contributed by atoms with van der Waals surface area (Å²) in [4.78, 5) is 8.52. The summed E-state index contributed by atoms with van der Waals surface area (Å²) >= 11 is 0. The van der Waals surface area contributed by atoms with E-state index in [9.17, 15) is 0 Å². The molecule has 0 amide bonds. The third-order valence-electron chi connectivity index (χ3n) is 11.1. The lowest BCUT2D eigenvalue weighted by Gasteiger charge is -2.06. The molecule has 9 rings (SSSR count). The fourth-order valence-corrected chi connectivity index (χ4v) is 7.89. The van der Waals surface area contributed by atoms with Crippen LogP contribution in [-0.4, -0.2) is 43.2 Å². The smallest absolute Gasteiger partial charge is 0.116 e. The van der Waals surface area contributed by atoms with E-state index in [1.807, 2.05) is 61.1 Å². The van der Waals surface area contributed by atoms with Crippen LogP contribution in [0.3, 0.4) is 0 Å². The molecule has 322 valence electrons. The fourth-order valence-electron chi connectivity index (χ4n) is 7.89. The lowest BCUT2D eigenvalue weighted by molar-refractivity contribution is 0.669. The molecule has 61 heavy (non-hydrogen) atoms. The number of nitrogens with zero attached hydrogens (tertiary/aromatic N) is 9. The molecule has 9 heteroatoms. The molecule has 0 bridgehead atoms. The number of aryl methyl sites for hydroxylation is 5. The maximum absolute atomic E-state index is 4.51. The van der Waals surface area contributed by atoms with E-state index in [1.54, 1.807) is 6.33 Å². The Kier molecular flexibility index (Phi) is 15.5. The average Bonchev–Trinajstić information content (AvgIpc) is 4.07. The number of para-hydroxylation sites is 3. The zero-order valence-corrected chi connectivity index (χ0v) is 39.4. The molecule has 9 aromatic rings. The van der Waals surface area contributed by atoms with Gasteiger partial charge in [0.25, 0.3) is 0 Å². The monoisotopic (exact) mass is 820 g/mol. The quantitative estimate of drug-likeness (QED) is 0.173. The van der Waals surface area contributed by atoms with Crippen LogP contribution in [0.1, 0.15) is 127 Å². The van der Waals surface area contributed by atoms with Gasteiger partial charge in [-0.05, 0) is 76.9 Å². The zero-order chi connectivity index (χ0) is 44.5. The zero-order valence-electron chi connectivity index (χ0n) is 39.4. The molecule has 0 fully saturated rings. The van der Waals surface area contributed by atoms with Crippen molar-refractivity contribution in [2.75, 3.05) is 0 Å². The normalized spacial score (nSPS) is 11.3. The molecule has 0 spiro atoms. The summed E-state index contributed by atoms with van der Waals surface area (Å²) in [7, 11) is 10.2. The molecule has 0 aliphatic heterocycles. The second-order valence-corrected chi connectivity index (χ2v) is 17.5. The van der Waals surface area contributed by atoms with E-state index in [0.717, 1.165) is 16.7 Å². The Labute approximate surface area is 364 Å². The summed E-state index contributed by atoms with van der Waals surface area (Å²) in [5, 5.41) is 12.6. The molecule has 3 aromatic carbocycles. The summed E-state index contributed by atoms with van der Waals surface area (Å²) < 4.78 is 10.4. The van der Waals surface area contributed by atoms with Crippen molar-refractivity contribution in [1.82, 2.24) is 43.2 Å². The van der Waals surface area contributed by atoms with Gasteiger partial charge in [0.05, 0.1) is 27.9 Å². The molecular weight excluding hydrogens is 751 g/mol. The first-order valence-corrected chi connectivity index (χ1v) is 21.7. The summed E-state index contributed by atoms with van der Waals surface area (Å²) in [5.74, 6) is 2.71. The fraction of sp³-hybridized carbons (Fsp3) is 0.385. The molecule has 9 nitrogen and oxygen atoms in total. The topological polar surface area (TPSA) is 76.2 Å². The summed E-state index contributed by atoms with van der Waals surface area (Å²) in [6.07, 6.45) is 7.72. The first kappa shape index (κ1) is 46.1. The van der Waals surface area contributed by atoms with Crippen LogP contribution >= 0.6 is 0 Å². The molecule has 6 heterocycles. The molecular formula is C52H69N9. The highest BCUT2D eigenvalue weighted by Crippen LogP contribution is 2.27. The summed E-state index contributed by atoms with van der Waals surface area (Å²) in [5.41, 5.74) is 12.5. The van der Waals surface area contributed by atoms with Crippen molar-refractivity contribution in [3.63, 3.8) is 0 Å². The van der Waals surface area contributed by atoms with Crippen molar-refractivity contribution in [3.05, 3.63) is 144 Å². The molecule has 6 aromatic heterocycles. The number of fused-ring (bicyclic) bond motifs is 4. The van der Waals surface area contributed by atoms with Crippen molar-refractivity contribution in [3.8, 4) is 0 Å². The highest BCUT2D eigenvalue weighted by Gasteiger charge is 2.12. The van der Waals surface area contributed by atoms with Gasteiger partial charge in [0.2, 0.25) is 0 Å². The van der Waals surface area contributed by atoms with E-state index < -0.39 is 0 Å². The Balaban J connectivity index is 0.000000145. The van der Waals surface area contributed by atoms with Gasteiger partial charge in [-0.25, -0.2) is 9.97 Å². The minimum absolute atomic E-state index is 0.444. The van der Waals surface area contributed by atoms with Gasteiger partial charge in [-0.1, -0.05) is 124 Å². The third-order valence-corrected chi connectivity index (χ3v) is 11.1. The standard InChI is InChI=1S/2C12H15N.C11H14N2.C10H13N3.C7H12N2/c1-9(2)11-8-13(3)12-7-5-4-6-10(11)12;1-9(2)12-8-10-6-4-5-7-11(10)13(12)3;1-8(2)11-9-6-4-5-7-10(9)13(3)12-11;1-7(2)9-10-8(11-6-12-9)4-5-13(10)3;1-6(2)7-4-5-8-9(7)3/h2*4-9H,1-3H3;4-8H,1-3H3;4-7H,1-3H3;4-6H,1-3H3. The Morgan fingerprint density at radius 2 is 1.08 bits per heavy atom. The van der Waals surface area contributed by atoms with Crippen LogP contribution in [0.2, 0.25) is 0 Å². The van der Waals surface area contributed by atoms with E-state index in [2.05, 4.69) is 196 Å². The van der Waals surface area contributed by atoms with Gasteiger partial charge in [-0.15, -0.1) is 0 Å². The highest BCUT2D eigenvalue weighted by atomic mass is 15.3. The van der Waals surface area contributed by atoms with E-state index in [4.69, 9.17) is 0 Å². The minimum atomic E-state index is 0.444. The van der Waals surface area contributed by atoms with Crippen molar-refractivity contribution >= 4 is 43.7 Å². The van der Waals surface area contributed by atoms with Crippen LogP contribution in [0.25, 0.3) is 43.7 Å². The first-order chi connectivity index (χ1) is 29.0. The van der Waals surface area contributed by atoms with Crippen LogP contribution in [0.5, 0.6) is 0 Å². The van der Waals surface area contributed by atoms with Gasteiger partial charge < -0.3 is 13.7 Å². The number of benzene rings is 3. The lowest BCUT2D eigenvalue weighted by atomic mass is 10.0. The second kappa shape index (κ2) is 20.5. The van der Waals surface area contributed by atoms with E-state index >= 15 is 0 Å². The van der Waals surface area contributed by atoms with Gasteiger partial charge in [0, 0.05) is 87.0 Å². The molecule has 0 N–H and O–H groups in total. The molecule has 0 aliphatic rings. The Hall–Kier alpha value is -5.96. The van der Waals surface area contributed by atoms with Gasteiger partial charge >= 0.3 is 0 Å². The number of hydrogen-bond donors (Lipinski definition) is 0. The maximum Gasteiger partial charge on any atom is 0.116 e. The molecule has 0 saturated heterocycles. The SMILES string of the molecule is CC(C)c1cc2ccccc2n1C.CC(C)c1ccnn1C.CC(C)c1cn(C)c2ccccc12.CC(C)c1ncnc2ccn(C)c12.CC(C)c1nn(C)c2ccccc12. The first-order valence-electron chi connectivity index (χ1n) is 21.7. The average molecular weight is 820 g/mol. The van der Waals surface area contributed by atoms with Crippen molar-refractivity contribution in [2.45, 2.75) is 98.8 Å². The van der Waals surface area contributed by atoms with Crippen LogP contribution in [0.4, 0.5) is 0 Å². The molecule has 0 aliphatic carbocycles. The van der Waals surface area contributed by atoms with Gasteiger partial charge in [0.15, 0.2) is 0 Å².